The number of alkyl halides is 2. The molecule has 360 valence electrons. The van der Waals surface area contributed by atoms with Crippen LogP contribution in [0.4, 0.5) is 20.2 Å². The summed E-state index contributed by atoms with van der Waals surface area (Å²) in [4.78, 5) is 69.8. The normalized spacial score (nSPS) is 19.8. The SMILES string of the molecule is CC(CCC(=O)NC=O)N1Cc2cc(N3CCN(C4CCN(CC5=CN(C=O)/C(=C\N(C)c6cccc(C7(CC(=N)N(C)C=N)COC7)c6)C(C(C)(F)F)=C5)CC4)CC3)ccc2C1=O.O=CO. The minimum absolute atomic E-state index is 0.0383. The summed E-state index contributed by atoms with van der Waals surface area (Å²) in [7, 11) is 3.42. The average Bonchev–Trinajstić information content (AvgIpc) is 3.64. The molecule has 0 saturated carbocycles. The molecule has 17 nitrogen and oxygen atoms in total. The van der Waals surface area contributed by atoms with E-state index >= 15 is 8.78 Å². The standard InChI is InChI=1S/C47H60F2N10O5.CH2O2/c1-33(8-11-44(62)52-31-60)59-26-35-21-39(9-10-40(35)45(59)63)57-18-16-56(17-19-57)37-12-14-55(15-13-37)24-34-20-41(46(2,48)49)42(58(25-34)32-61)27-53(3)38-7-5-6-36(22-38)47(28-64-29-47)23-43(51)54(4)30-50;2-1-3/h5-7,9-10,20-22,25,27,30-33,37,50-51H,8,11-19,23-24,26,28-29H2,1-4H3,(H,52,60,62);1H,(H,2,3)/b42-27-,50-30?,51-43?;. The van der Waals surface area contributed by atoms with Gasteiger partial charge in [-0.15, -0.1) is 0 Å². The fourth-order valence-corrected chi connectivity index (χ4v) is 9.46. The highest BCUT2D eigenvalue weighted by molar-refractivity contribution is 5.99. The number of piperidine rings is 1. The van der Waals surface area contributed by atoms with Gasteiger partial charge in [0.15, 0.2) is 0 Å². The van der Waals surface area contributed by atoms with Gasteiger partial charge in [0.1, 0.15) is 5.84 Å². The molecule has 2 aromatic rings. The zero-order valence-electron chi connectivity index (χ0n) is 38.6. The molecule has 7 rings (SSSR count). The summed E-state index contributed by atoms with van der Waals surface area (Å²) in [5.74, 6) is -3.33. The smallest absolute Gasteiger partial charge is 0.290 e. The second-order valence-electron chi connectivity index (χ2n) is 18.0. The Morgan fingerprint density at radius 1 is 1.06 bits per heavy atom. The molecule has 2 aromatic carbocycles. The molecule has 67 heavy (non-hydrogen) atoms. The lowest BCUT2D eigenvalue weighted by molar-refractivity contribution is -0.126. The maximum atomic E-state index is 15.4. The summed E-state index contributed by atoms with van der Waals surface area (Å²) >= 11 is 0. The van der Waals surface area contributed by atoms with Crippen LogP contribution in [0.1, 0.15) is 67.4 Å². The van der Waals surface area contributed by atoms with Crippen LogP contribution in [0.5, 0.6) is 0 Å². The van der Waals surface area contributed by atoms with Gasteiger partial charge in [0, 0.05) is 126 Å². The van der Waals surface area contributed by atoms with Crippen LogP contribution in [0.3, 0.4) is 0 Å². The van der Waals surface area contributed by atoms with Crippen molar-refractivity contribution >= 4 is 54.7 Å². The number of benzene rings is 2. The number of fused-ring (bicyclic) bond motifs is 1. The van der Waals surface area contributed by atoms with E-state index in [1.54, 1.807) is 36.3 Å². The molecule has 0 radical (unpaired) electrons. The Labute approximate surface area is 390 Å². The van der Waals surface area contributed by atoms with Crippen molar-refractivity contribution in [2.45, 2.75) is 75.9 Å². The lowest BCUT2D eigenvalue weighted by Gasteiger charge is -2.43. The monoisotopic (exact) mass is 928 g/mol. The van der Waals surface area contributed by atoms with Gasteiger partial charge in [-0.05, 0) is 92.4 Å². The zero-order chi connectivity index (χ0) is 48.5. The van der Waals surface area contributed by atoms with E-state index in [0.717, 1.165) is 87.9 Å². The number of imide groups is 1. The van der Waals surface area contributed by atoms with Crippen molar-refractivity contribution in [3.63, 3.8) is 0 Å². The number of carbonyl (C=O) groups is 5. The van der Waals surface area contributed by atoms with E-state index in [9.17, 15) is 19.2 Å². The molecule has 5 aliphatic rings. The molecule has 0 spiro atoms. The van der Waals surface area contributed by atoms with E-state index in [0.29, 0.717) is 75.0 Å². The number of hydrogen-bond donors (Lipinski definition) is 4. The van der Waals surface area contributed by atoms with Crippen molar-refractivity contribution in [2.24, 2.45) is 0 Å². The zero-order valence-corrected chi connectivity index (χ0v) is 38.6. The maximum absolute atomic E-state index is 15.4. The first-order chi connectivity index (χ1) is 32.0. The first-order valence-corrected chi connectivity index (χ1v) is 22.5. The first kappa shape index (κ1) is 50.1. The van der Waals surface area contributed by atoms with Crippen LogP contribution in [0, 0.1) is 10.8 Å². The molecule has 5 heterocycles. The highest BCUT2D eigenvalue weighted by atomic mass is 19.3. The van der Waals surface area contributed by atoms with Crippen molar-refractivity contribution in [3.05, 3.63) is 94.5 Å². The molecule has 0 aliphatic carbocycles. The lowest BCUT2D eigenvalue weighted by atomic mass is 9.75. The highest BCUT2D eigenvalue weighted by Gasteiger charge is 2.42. The van der Waals surface area contributed by atoms with Gasteiger partial charge in [-0.25, -0.2) is 8.78 Å². The second kappa shape index (κ2) is 22.0. The van der Waals surface area contributed by atoms with E-state index in [2.05, 4.69) is 26.1 Å². The van der Waals surface area contributed by atoms with Crippen LogP contribution in [-0.2, 0) is 35.9 Å². The van der Waals surface area contributed by atoms with Gasteiger partial charge < -0.3 is 29.4 Å². The summed E-state index contributed by atoms with van der Waals surface area (Å²) in [6.45, 7) is 9.43. The number of piperazine rings is 1. The molecule has 19 heteroatoms. The third-order valence-electron chi connectivity index (χ3n) is 13.5. The van der Waals surface area contributed by atoms with Crippen LogP contribution in [-0.4, -0.2) is 164 Å². The molecule has 4 N–H and O–H groups in total. The van der Waals surface area contributed by atoms with E-state index in [4.69, 9.17) is 25.5 Å². The molecule has 1 unspecified atom stereocenters. The van der Waals surface area contributed by atoms with E-state index in [-0.39, 0.29) is 42.0 Å². The molecule has 4 amide bonds. The second-order valence-corrected chi connectivity index (χ2v) is 18.0. The van der Waals surface area contributed by atoms with Crippen LogP contribution in [0.15, 0.2) is 77.8 Å². The summed E-state index contributed by atoms with van der Waals surface area (Å²) in [6, 6.07) is 14.0. The number of amides is 4. The van der Waals surface area contributed by atoms with Crippen molar-refractivity contribution in [1.29, 1.82) is 10.8 Å². The molecular formula is C48H62F2N10O7. The number of anilines is 2. The van der Waals surface area contributed by atoms with E-state index < -0.39 is 11.3 Å². The van der Waals surface area contributed by atoms with E-state index in [1.807, 2.05) is 43.3 Å². The number of ether oxygens (including phenoxy) is 1. The molecule has 0 aromatic heterocycles. The molecule has 5 aliphatic heterocycles. The van der Waals surface area contributed by atoms with Gasteiger partial charge in [0.2, 0.25) is 18.7 Å². The van der Waals surface area contributed by atoms with Gasteiger partial charge >= 0.3 is 0 Å². The number of carbonyl (C=O) groups excluding carboxylic acids is 4. The minimum Gasteiger partial charge on any atom is -0.483 e. The van der Waals surface area contributed by atoms with Gasteiger partial charge in [0.25, 0.3) is 18.3 Å². The number of likely N-dealkylation sites (tertiary alicyclic amines) is 1. The molecule has 1 atom stereocenters. The number of nitrogens with one attached hydrogen (secondary N) is 3. The van der Waals surface area contributed by atoms with Crippen LogP contribution >= 0.6 is 0 Å². The Hall–Kier alpha value is -6.31. The molecular weight excluding hydrogens is 867 g/mol. The lowest BCUT2D eigenvalue weighted by Crippen LogP contribution is -2.53. The van der Waals surface area contributed by atoms with Crippen molar-refractivity contribution in [3.8, 4) is 0 Å². The van der Waals surface area contributed by atoms with Crippen molar-refractivity contribution in [1.82, 2.24) is 29.8 Å². The number of amidine groups is 1. The predicted octanol–water partition coefficient (Wildman–Crippen LogP) is 4.46. The van der Waals surface area contributed by atoms with Crippen LogP contribution in [0.2, 0.25) is 0 Å². The number of nitrogens with zero attached hydrogens (tertiary/aromatic N) is 7. The summed E-state index contributed by atoms with van der Waals surface area (Å²) in [6.07, 6.45) is 9.70. The van der Waals surface area contributed by atoms with Crippen LogP contribution in [0.25, 0.3) is 0 Å². The molecule has 3 saturated heterocycles. The maximum Gasteiger partial charge on any atom is 0.290 e. The molecule has 3 fully saturated rings. The molecule has 0 bridgehead atoms. The van der Waals surface area contributed by atoms with Crippen molar-refractivity contribution < 1.29 is 42.6 Å². The fourth-order valence-electron chi connectivity index (χ4n) is 9.46. The average molecular weight is 929 g/mol. The topological polar surface area (TPSA) is 197 Å². The number of rotatable bonds is 17. The number of carboxylic acid groups (broad SMARTS) is 1. The summed E-state index contributed by atoms with van der Waals surface area (Å²) in [5.41, 5.74) is 4.48. The van der Waals surface area contributed by atoms with Gasteiger partial charge in [-0.2, -0.15) is 0 Å². The third-order valence-corrected chi connectivity index (χ3v) is 13.5. The third kappa shape index (κ3) is 11.8. The Balaban J connectivity index is 0.00000240. The minimum atomic E-state index is -3.23. The summed E-state index contributed by atoms with van der Waals surface area (Å²) < 4.78 is 36.5. The van der Waals surface area contributed by atoms with Gasteiger partial charge in [-0.3, -0.25) is 54.8 Å². The number of halogens is 2. The first-order valence-electron chi connectivity index (χ1n) is 22.5. The Morgan fingerprint density at radius 2 is 1.76 bits per heavy atom. The largest absolute Gasteiger partial charge is 0.483 e. The van der Waals surface area contributed by atoms with Crippen LogP contribution < -0.4 is 15.1 Å². The number of hydrogen-bond acceptors (Lipinski definition) is 12. The fraction of sp³-hybridized carbons (Fsp3) is 0.479. The Bertz CT molecular complexity index is 2260. The van der Waals surface area contributed by atoms with Gasteiger partial charge in [0.05, 0.1) is 25.2 Å². The predicted molar refractivity (Wildman–Crippen MR) is 250 cm³/mol. The van der Waals surface area contributed by atoms with Gasteiger partial charge in [-0.1, -0.05) is 12.1 Å². The quantitative estimate of drug-likeness (QED) is 0.0990. The Kier molecular flexibility index (Phi) is 16.4. The van der Waals surface area contributed by atoms with Crippen molar-refractivity contribution in [2.75, 3.05) is 82.9 Å². The highest BCUT2D eigenvalue weighted by Crippen LogP contribution is 2.40. The summed E-state index contributed by atoms with van der Waals surface area (Å²) in [5, 5.41) is 25.0. The van der Waals surface area contributed by atoms with E-state index in [1.165, 1.54) is 15.9 Å². The number of allylic oxidation sites excluding steroid dienone is 1. The Morgan fingerprint density at radius 3 is 2.37 bits per heavy atom.